The molecule has 0 saturated heterocycles. The molecular weight excluding hydrogens is 425 g/mol. The van der Waals surface area contributed by atoms with E-state index in [1.165, 1.54) is 32.4 Å². The van der Waals surface area contributed by atoms with Crippen LogP contribution in [0.3, 0.4) is 0 Å². The van der Waals surface area contributed by atoms with Crippen molar-refractivity contribution in [2.24, 2.45) is 11.8 Å². The maximum Gasteiger partial charge on any atom is 0.177 e. The highest BCUT2D eigenvalue weighted by Gasteiger charge is 2.58. The summed E-state index contributed by atoms with van der Waals surface area (Å²) in [5.41, 5.74) is 0. The van der Waals surface area contributed by atoms with Crippen LogP contribution in [0.25, 0.3) is 0 Å². The Balaban J connectivity index is 1.61. The van der Waals surface area contributed by atoms with Gasteiger partial charge in [-0.2, -0.15) is 0 Å². The summed E-state index contributed by atoms with van der Waals surface area (Å²) in [5.74, 6) is -0.283. The first-order chi connectivity index (χ1) is 13.8. The van der Waals surface area contributed by atoms with Crippen molar-refractivity contribution >= 4 is 56.9 Å². The lowest BCUT2D eigenvalue weighted by atomic mass is 9.52. The predicted molar refractivity (Wildman–Crippen MR) is 118 cm³/mol. The number of carbonyl (C=O) groups excluding carboxylic acids is 2. The molecule has 4 aromatic heterocycles. The summed E-state index contributed by atoms with van der Waals surface area (Å²) in [6.45, 7) is 0. The molecule has 0 spiro atoms. The number of thiophene rings is 4. The normalized spacial score (nSPS) is 24.0. The van der Waals surface area contributed by atoms with E-state index in [4.69, 9.17) is 0 Å². The molecule has 1 saturated carbocycles. The van der Waals surface area contributed by atoms with Crippen LogP contribution in [0.4, 0.5) is 0 Å². The van der Waals surface area contributed by atoms with Gasteiger partial charge in [-0.3, -0.25) is 9.59 Å². The first kappa shape index (κ1) is 18.2. The molecule has 0 unspecified atom stereocenters. The molecule has 2 nitrogen and oxygen atoms in total. The van der Waals surface area contributed by atoms with Gasteiger partial charge in [0, 0.05) is 33.4 Å². The van der Waals surface area contributed by atoms with Crippen molar-refractivity contribution < 1.29 is 9.59 Å². The molecule has 0 amide bonds. The molecule has 4 atom stereocenters. The highest BCUT2D eigenvalue weighted by Crippen LogP contribution is 2.61. The largest absolute Gasteiger partial charge is 0.293 e. The molecule has 1 fully saturated rings. The van der Waals surface area contributed by atoms with Gasteiger partial charge in [-0.25, -0.2) is 0 Å². The van der Waals surface area contributed by atoms with Gasteiger partial charge in [-0.15, -0.1) is 45.3 Å². The Labute approximate surface area is 179 Å². The van der Waals surface area contributed by atoms with Crippen LogP contribution in [0.2, 0.25) is 0 Å². The second-order valence-corrected chi connectivity index (χ2v) is 10.7. The molecule has 0 bridgehead atoms. The number of hydrogen-bond donors (Lipinski definition) is 0. The van der Waals surface area contributed by atoms with Crippen molar-refractivity contribution in [3.05, 3.63) is 89.6 Å². The van der Waals surface area contributed by atoms with E-state index in [2.05, 4.69) is 22.9 Å². The molecule has 0 aliphatic heterocycles. The van der Waals surface area contributed by atoms with Crippen LogP contribution >= 0.6 is 45.3 Å². The van der Waals surface area contributed by atoms with E-state index in [1.807, 2.05) is 47.2 Å². The average molecular weight is 441 g/mol. The average Bonchev–Trinajstić information content (AvgIpc) is 3.50. The Hall–Kier alpha value is -1.86. The van der Waals surface area contributed by atoms with E-state index < -0.39 is 0 Å². The summed E-state index contributed by atoms with van der Waals surface area (Å²) in [6.07, 6.45) is 0. The van der Waals surface area contributed by atoms with E-state index in [0.717, 1.165) is 9.75 Å². The smallest absolute Gasteiger partial charge is 0.177 e. The van der Waals surface area contributed by atoms with Gasteiger partial charge in [0.15, 0.2) is 11.6 Å². The lowest BCUT2D eigenvalue weighted by Crippen LogP contribution is -2.50. The monoisotopic (exact) mass is 440 g/mol. The second kappa shape index (κ2) is 7.52. The molecule has 6 heteroatoms. The Kier molecular flexibility index (Phi) is 4.88. The lowest BCUT2D eigenvalue weighted by molar-refractivity contribution is 0.0473. The molecular formula is C22H16O2S4. The van der Waals surface area contributed by atoms with Crippen LogP contribution in [0.5, 0.6) is 0 Å². The highest BCUT2D eigenvalue weighted by molar-refractivity contribution is 7.12. The number of rotatable bonds is 6. The zero-order valence-electron chi connectivity index (χ0n) is 14.7. The maximum absolute atomic E-state index is 13.5. The van der Waals surface area contributed by atoms with Crippen LogP contribution in [0.1, 0.15) is 40.9 Å². The number of hydrogen-bond acceptors (Lipinski definition) is 6. The van der Waals surface area contributed by atoms with Crippen LogP contribution in [0.15, 0.2) is 70.1 Å². The summed E-state index contributed by atoms with van der Waals surface area (Å²) in [6, 6.07) is 15.9. The molecule has 0 radical (unpaired) electrons. The van der Waals surface area contributed by atoms with E-state index in [-0.39, 0.29) is 35.2 Å². The SMILES string of the molecule is O=C(c1cccs1)[C@@H]1[C@@H](C(=O)c2cccs2)[C@H](c2cccs2)[C@H]1c1cccs1. The van der Waals surface area contributed by atoms with Gasteiger partial charge in [0.2, 0.25) is 0 Å². The first-order valence-electron chi connectivity index (χ1n) is 8.98. The molecule has 5 rings (SSSR count). The van der Waals surface area contributed by atoms with Crippen molar-refractivity contribution in [1.82, 2.24) is 0 Å². The minimum Gasteiger partial charge on any atom is -0.293 e. The van der Waals surface area contributed by atoms with Gasteiger partial charge in [-0.1, -0.05) is 24.3 Å². The summed E-state index contributed by atoms with van der Waals surface area (Å²) in [4.78, 5) is 30.8. The third kappa shape index (κ3) is 2.95. The molecule has 1 aliphatic rings. The van der Waals surface area contributed by atoms with Gasteiger partial charge >= 0.3 is 0 Å². The summed E-state index contributed by atoms with van der Waals surface area (Å²) in [7, 11) is 0. The zero-order valence-corrected chi connectivity index (χ0v) is 18.0. The Morgan fingerprint density at radius 3 is 1.29 bits per heavy atom. The third-order valence-corrected chi connectivity index (χ3v) is 9.14. The van der Waals surface area contributed by atoms with Crippen molar-refractivity contribution in [2.75, 3.05) is 0 Å². The molecule has 1 aliphatic carbocycles. The Bertz CT molecular complexity index is 972. The Morgan fingerprint density at radius 2 is 0.964 bits per heavy atom. The van der Waals surface area contributed by atoms with Crippen molar-refractivity contribution in [2.45, 2.75) is 11.8 Å². The third-order valence-electron chi connectivity index (χ3n) is 5.42. The molecule has 140 valence electrons. The molecule has 0 aromatic carbocycles. The van der Waals surface area contributed by atoms with Gasteiger partial charge in [0.05, 0.1) is 9.75 Å². The fourth-order valence-electron chi connectivity index (χ4n) is 4.24. The van der Waals surface area contributed by atoms with Crippen molar-refractivity contribution in [1.29, 1.82) is 0 Å². The summed E-state index contributed by atoms with van der Waals surface area (Å²) in [5, 5.41) is 7.97. The van der Waals surface area contributed by atoms with Gasteiger partial charge in [0.1, 0.15) is 0 Å². The molecule has 28 heavy (non-hydrogen) atoms. The number of ketones is 2. The van der Waals surface area contributed by atoms with Crippen LogP contribution < -0.4 is 0 Å². The number of Topliss-reactive ketones (excluding diaryl/α,β-unsaturated/α-hetero) is 2. The summed E-state index contributed by atoms with van der Waals surface area (Å²) >= 11 is 6.30. The topological polar surface area (TPSA) is 34.1 Å². The molecule has 4 heterocycles. The fraction of sp³-hybridized carbons (Fsp3) is 0.182. The highest BCUT2D eigenvalue weighted by atomic mass is 32.1. The first-order valence-corrected chi connectivity index (χ1v) is 12.5. The van der Waals surface area contributed by atoms with Gasteiger partial charge in [-0.05, 0) is 45.8 Å². The Morgan fingerprint density at radius 1 is 0.571 bits per heavy atom. The van der Waals surface area contributed by atoms with Gasteiger partial charge in [0.25, 0.3) is 0 Å². The minimum absolute atomic E-state index is 0.0576. The van der Waals surface area contributed by atoms with E-state index in [1.54, 1.807) is 22.7 Å². The van der Waals surface area contributed by atoms with E-state index in [0.29, 0.717) is 0 Å². The fourth-order valence-corrected chi connectivity index (χ4v) is 7.51. The standard InChI is InChI=1S/C22H16O2S4/c23-21(15-7-3-11-27-15)19-17(13-5-1-9-25-13)18(14-6-2-10-26-14)20(19)22(24)16-8-4-12-28-16/h1-12,17-20H/t17-,18-,19+,20+/m1/s1. The minimum atomic E-state index is -0.306. The lowest BCUT2D eigenvalue weighted by Gasteiger charge is -2.49. The van der Waals surface area contributed by atoms with Crippen molar-refractivity contribution in [3.8, 4) is 0 Å². The van der Waals surface area contributed by atoms with Crippen molar-refractivity contribution in [3.63, 3.8) is 0 Å². The van der Waals surface area contributed by atoms with E-state index in [9.17, 15) is 9.59 Å². The summed E-state index contributed by atoms with van der Waals surface area (Å²) < 4.78 is 0. The predicted octanol–water partition coefficient (Wildman–Crippen LogP) is 6.81. The molecule has 4 aromatic rings. The quantitative estimate of drug-likeness (QED) is 0.309. The number of carbonyl (C=O) groups is 2. The second-order valence-electron chi connectivity index (χ2n) is 6.82. The molecule has 0 N–H and O–H groups in total. The van der Waals surface area contributed by atoms with E-state index >= 15 is 0 Å². The van der Waals surface area contributed by atoms with Crippen LogP contribution in [0, 0.1) is 11.8 Å². The van der Waals surface area contributed by atoms with Crippen LogP contribution in [-0.2, 0) is 0 Å². The van der Waals surface area contributed by atoms with Gasteiger partial charge < -0.3 is 0 Å². The maximum atomic E-state index is 13.5. The van der Waals surface area contributed by atoms with Crippen LogP contribution in [-0.4, -0.2) is 11.6 Å². The zero-order chi connectivity index (χ0) is 19.1.